The van der Waals surface area contributed by atoms with Crippen LogP contribution in [0.4, 0.5) is 0 Å². The van der Waals surface area contributed by atoms with Crippen LogP contribution in [-0.2, 0) is 0 Å². The van der Waals surface area contributed by atoms with Gasteiger partial charge in [-0.3, -0.25) is 4.99 Å². The van der Waals surface area contributed by atoms with Gasteiger partial charge in [-0.25, -0.2) is 4.99 Å². The summed E-state index contributed by atoms with van der Waals surface area (Å²) in [7, 11) is 0. The molecule has 2 heterocycles. The molecule has 0 aromatic carbocycles. The Labute approximate surface area is 46.8 Å². The third-order valence-corrected chi connectivity index (χ3v) is 1.21. The molecule has 0 amide bonds. The van der Waals surface area contributed by atoms with Crippen LogP contribution in [0.5, 0.6) is 0 Å². The Bertz CT molecular complexity index is 190. The van der Waals surface area contributed by atoms with Crippen molar-refractivity contribution >= 4 is 12.2 Å². The number of amidine groups is 1. The van der Waals surface area contributed by atoms with E-state index < -0.39 is 0 Å². The van der Waals surface area contributed by atoms with Crippen molar-refractivity contribution in [1.82, 2.24) is 5.32 Å². The van der Waals surface area contributed by atoms with E-state index in [1.807, 2.05) is 6.08 Å². The summed E-state index contributed by atoms with van der Waals surface area (Å²) in [6.07, 6.45) is 5.39. The molecule has 8 heavy (non-hydrogen) atoms. The molecule has 0 bridgehead atoms. The third kappa shape index (κ3) is 0.332. The van der Waals surface area contributed by atoms with Gasteiger partial charge >= 0.3 is 0 Å². The average molecular weight is 107 g/mol. The van der Waals surface area contributed by atoms with Gasteiger partial charge in [-0.05, 0) is 6.08 Å². The molecule has 3 nitrogen and oxygen atoms in total. The molecule has 0 aromatic rings. The largest absolute Gasteiger partial charge is 0.333 e. The first kappa shape index (κ1) is 3.83. The maximum absolute atomic E-state index is 4.04. The lowest BCUT2D eigenvalue weighted by molar-refractivity contribution is 1.13. The lowest BCUT2D eigenvalue weighted by atomic mass is 10.3. The van der Waals surface area contributed by atoms with E-state index in [1.54, 1.807) is 12.5 Å². The third-order valence-electron chi connectivity index (χ3n) is 1.21. The van der Waals surface area contributed by atoms with Gasteiger partial charge < -0.3 is 5.32 Å². The maximum atomic E-state index is 4.04. The van der Waals surface area contributed by atoms with Crippen molar-refractivity contribution < 1.29 is 0 Å². The topological polar surface area (TPSA) is 36.8 Å². The number of rotatable bonds is 0. The summed E-state index contributed by atoms with van der Waals surface area (Å²) in [4.78, 5) is 8.04. The van der Waals surface area contributed by atoms with E-state index in [0.717, 1.165) is 5.84 Å². The molecule has 1 atom stereocenters. The minimum absolute atomic E-state index is 0.204. The highest BCUT2D eigenvalue weighted by Crippen LogP contribution is 2.05. The van der Waals surface area contributed by atoms with E-state index in [9.17, 15) is 0 Å². The molecule has 3 heteroatoms. The zero-order chi connectivity index (χ0) is 5.40. The van der Waals surface area contributed by atoms with Crippen LogP contribution in [0.15, 0.2) is 22.3 Å². The number of nitrogens with one attached hydrogen (secondary N) is 1. The number of aliphatic imine (C=N–C) groups is 2. The molecule has 2 aliphatic rings. The Kier molecular flexibility index (Phi) is 0.566. The summed E-state index contributed by atoms with van der Waals surface area (Å²) in [5, 5.41) is 2.91. The van der Waals surface area contributed by atoms with Gasteiger partial charge in [0, 0.05) is 6.20 Å². The van der Waals surface area contributed by atoms with Crippen LogP contribution in [0.2, 0.25) is 0 Å². The van der Waals surface area contributed by atoms with Crippen LogP contribution in [0.25, 0.3) is 0 Å². The Morgan fingerprint density at radius 1 is 1.62 bits per heavy atom. The van der Waals surface area contributed by atoms with E-state index in [4.69, 9.17) is 0 Å². The summed E-state index contributed by atoms with van der Waals surface area (Å²) < 4.78 is 0. The highest BCUT2D eigenvalue weighted by atomic mass is 15.1. The fourth-order valence-electron chi connectivity index (χ4n) is 0.799. The van der Waals surface area contributed by atoms with Crippen LogP contribution in [0.3, 0.4) is 0 Å². The van der Waals surface area contributed by atoms with Crippen molar-refractivity contribution in [1.29, 1.82) is 0 Å². The summed E-state index contributed by atoms with van der Waals surface area (Å²) in [5.74, 6) is 0.949. The molecule has 0 aliphatic carbocycles. The molecule has 2 rings (SSSR count). The normalized spacial score (nSPS) is 30.0. The van der Waals surface area contributed by atoms with Crippen molar-refractivity contribution in [3.63, 3.8) is 0 Å². The van der Waals surface area contributed by atoms with E-state index >= 15 is 0 Å². The monoisotopic (exact) mass is 107 g/mol. The van der Waals surface area contributed by atoms with Crippen molar-refractivity contribution in [2.75, 3.05) is 0 Å². The SMILES string of the molecule is C1=CC2N=CNC2=N1. The van der Waals surface area contributed by atoms with Gasteiger partial charge in [0.1, 0.15) is 11.9 Å². The summed E-state index contributed by atoms with van der Waals surface area (Å²) in [6, 6.07) is 0.204. The minimum atomic E-state index is 0.204. The average Bonchev–Trinajstić information content (AvgIpc) is 2.15. The lowest BCUT2D eigenvalue weighted by Crippen LogP contribution is -2.20. The minimum Gasteiger partial charge on any atom is -0.333 e. The molecular formula is C5H5N3. The van der Waals surface area contributed by atoms with E-state index in [-0.39, 0.29) is 6.04 Å². The molecule has 0 fully saturated rings. The van der Waals surface area contributed by atoms with E-state index in [2.05, 4.69) is 15.3 Å². The molecule has 1 N–H and O–H groups in total. The fourth-order valence-corrected chi connectivity index (χ4v) is 0.799. The Morgan fingerprint density at radius 3 is 3.50 bits per heavy atom. The van der Waals surface area contributed by atoms with Crippen LogP contribution < -0.4 is 5.32 Å². The van der Waals surface area contributed by atoms with Gasteiger partial charge in [0.15, 0.2) is 0 Å². The van der Waals surface area contributed by atoms with Crippen molar-refractivity contribution in [2.45, 2.75) is 6.04 Å². The number of hydrogen-bond acceptors (Lipinski definition) is 3. The van der Waals surface area contributed by atoms with Crippen LogP contribution in [-0.4, -0.2) is 18.2 Å². The molecule has 2 aliphatic heterocycles. The molecular weight excluding hydrogens is 102 g/mol. The first-order chi connectivity index (χ1) is 3.97. The summed E-state index contributed by atoms with van der Waals surface area (Å²) in [5.41, 5.74) is 0. The first-order valence-corrected chi connectivity index (χ1v) is 2.49. The Balaban J connectivity index is 2.39. The molecule has 0 saturated heterocycles. The van der Waals surface area contributed by atoms with Gasteiger partial charge in [-0.15, -0.1) is 0 Å². The first-order valence-electron chi connectivity index (χ1n) is 2.49. The zero-order valence-corrected chi connectivity index (χ0v) is 4.20. The highest BCUT2D eigenvalue weighted by Gasteiger charge is 2.17. The summed E-state index contributed by atoms with van der Waals surface area (Å²) in [6.45, 7) is 0. The molecule has 0 saturated carbocycles. The molecule has 0 spiro atoms. The van der Waals surface area contributed by atoms with Crippen molar-refractivity contribution in [3.8, 4) is 0 Å². The lowest BCUT2D eigenvalue weighted by Gasteiger charge is -1.92. The van der Waals surface area contributed by atoms with E-state index in [0.29, 0.717) is 0 Å². The van der Waals surface area contributed by atoms with Gasteiger partial charge in [-0.1, -0.05) is 0 Å². The fraction of sp³-hybridized carbons (Fsp3) is 0.200. The standard InChI is InChI=1S/C5H5N3/c1-2-6-5-4(1)7-3-8-5/h1-4H,(H,6,7,8). The highest BCUT2D eigenvalue weighted by molar-refractivity contribution is 6.03. The smallest absolute Gasteiger partial charge is 0.136 e. The van der Waals surface area contributed by atoms with Crippen molar-refractivity contribution in [3.05, 3.63) is 12.3 Å². The van der Waals surface area contributed by atoms with E-state index in [1.165, 1.54) is 0 Å². The molecule has 0 aromatic heterocycles. The molecule has 40 valence electrons. The van der Waals surface area contributed by atoms with Gasteiger partial charge in [0.25, 0.3) is 0 Å². The predicted molar refractivity (Wildman–Crippen MR) is 32.0 cm³/mol. The second kappa shape index (κ2) is 1.18. The number of nitrogens with zero attached hydrogens (tertiary/aromatic N) is 2. The Morgan fingerprint density at radius 2 is 2.62 bits per heavy atom. The van der Waals surface area contributed by atoms with Crippen LogP contribution in [0, 0.1) is 0 Å². The van der Waals surface area contributed by atoms with Crippen LogP contribution >= 0.6 is 0 Å². The summed E-state index contributed by atoms with van der Waals surface area (Å²) >= 11 is 0. The van der Waals surface area contributed by atoms with Gasteiger partial charge in [0.05, 0.1) is 6.34 Å². The predicted octanol–water partition coefficient (Wildman–Crippen LogP) is -0.0877. The Hall–Kier alpha value is -1.12. The van der Waals surface area contributed by atoms with Crippen molar-refractivity contribution in [2.24, 2.45) is 9.98 Å². The number of hydrogen-bond donors (Lipinski definition) is 1. The number of fused-ring (bicyclic) bond motifs is 1. The van der Waals surface area contributed by atoms with Gasteiger partial charge in [-0.2, -0.15) is 0 Å². The second-order valence-corrected chi connectivity index (χ2v) is 1.72. The molecule has 0 radical (unpaired) electrons. The molecule has 1 unspecified atom stereocenters. The second-order valence-electron chi connectivity index (χ2n) is 1.72. The zero-order valence-electron chi connectivity index (χ0n) is 4.20. The van der Waals surface area contributed by atoms with Gasteiger partial charge in [0.2, 0.25) is 0 Å². The maximum Gasteiger partial charge on any atom is 0.136 e. The quantitative estimate of drug-likeness (QED) is 0.461. The van der Waals surface area contributed by atoms with Crippen LogP contribution in [0.1, 0.15) is 0 Å².